The molecule has 3 amide bonds. The number of nitrogens with one attached hydrogen (secondary N) is 1. The SMILES string of the molecule is C[C@H](Oc1cc(-c2cnn(CC3CCN(CC4CN(c5ccc6c(c5)CN(C5CCC(=O)NC5=O)C6=O)C4)CC3)c2)cnc1N)c1cc(F)ccc1-n1nccn1. The number of benzene rings is 2. The largest absolute Gasteiger partial charge is 0.482 e. The molecule has 4 aliphatic rings. The van der Waals surface area contributed by atoms with Gasteiger partial charge >= 0.3 is 0 Å². The van der Waals surface area contributed by atoms with Gasteiger partial charge in [-0.25, -0.2) is 9.37 Å². The highest BCUT2D eigenvalue weighted by Crippen LogP contribution is 2.35. The number of nitrogens with zero attached hydrogens (tertiary/aromatic N) is 9. The average molecular weight is 774 g/mol. The molecule has 0 radical (unpaired) electrons. The van der Waals surface area contributed by atoms with Crippen molar-refractivity contribution >= 4 is 29.2 Å². The van der Waals surface area contributed by atoms with Crippen molar-refractivity contribution in [2.24, 2.45) is 11.8 Å². The standard InChI is InChI=1S/C41H44FN11O4/c1-25(34-16-31(42)2-5-35(34)53-45-10-11-46-53)57-37-15-28(17-44-39(37)43)30-18-47-51(23-30)22-26-8-12-49(13-9-26)19-27-20-50(21-27)32-3-4-33-29(14-32)24-52(41(33)56)36-6-7-38(54)48-40(36)55/h2-5,10-11,14-18,23,25-27,36H,6-9,12-13,19-22,24H2,1H3,(H2,43,44)(H,48,54,55)/t25-,36?/m0/s1. The van der Waals surface area contributed by atoms with Crippen LogP contribution in [0.2, 0.25) is 0 Å². The molecule has 294 valence electrons. The maximum Gasteiger partial charge on any atom is 0.255 e. The number of hydrogen-bond acceptors (Lipinski definition) is 11. The number of nitrogens with two attached hydrogens (primary N) is 1. The number of ether oxygens (including phenoxy) is 1. The van der Waals surface area contributed by atoms with Crippen molar-refractivity contribution < 1.29 is 23.5 Å². The van der Waals surface area contributed by atoms with E-state index in [9.17, 15) is 18.8 Å². The zero-order valence-corrected chi connectivity index (χ0v) is 31.6. The van der Waals surface area contributed by atoms with Crippen LogP contribution >= 0.6 is 0 Å². The van der Waals surface area contributed by atoms with E-state index in [1.807, 2.05) is 42.2 Å². The van der Waals surface area contributed by atoms with Crippen molar-refractivity contribution in [2.75, 3.05) is 43.4 Å². The molecule has 0 bridgehead atoms. The Balaban J connectivity index is 0.748. The number of fused-ring (bicyclic) bond motifs is 1. The fourth-order valence-electron chi connectivity index (χ4n) is 8.58. The summed E-state index contributed by atoms with van der Waals surface area (Å²) in [6.45, 7) is 8.16. The number of anilines is 2. The molecule has 2 aromatic carbocycles. The number of nitrogen functional groups attached to an aromatic ring is 1. The molecular formula is C41H44FN11O4. The molecule has 0 spiro atoms. The van der Waals surface area contributed by atoms with Crippen LogP contribution in [-0.2, 0) is 22.7 Å². The van der Waals surface area contributed by atoms with Crippen LogP contribution in [0.3, 0.4) is 0 Å². The highest BCUT2D eigenvalue weighted by atomic mass is 19.1. The molecule has 3 N–H and O–H groups in total. The number of halogens is 1. The lowest BCUT2D eigenvalue weighted by Gasteiger charge is -2.44. The Hall–Kier alpha value is -6.16. The number of hydrogen-bond donors (Lipinski definition) is 2. The minimum atomic E-state index is -0.602. The lowest BCUT2D eigenvalue weighted by Crippen LogP contribution is -2.52. The van der Waals surface area contributed by atoms with Crippen molar-refractivity contribution in [1.82, 2.24) is 44.9 Å². The smallest absolute Gasteiger partial charge is 0.255 e. The first-order valence-electron chi connectivity index (χ1n) is 19.5. The second kappa shape index (κ2) is 15.1. The minimum Gasteiger partial charge on any atom is -0.482 e. The van der Waals surface area contributed by atoms with Crippen molar-refractivity contribution in [2.45, 2.75) is 57.8 Å². The number of rotatable bonds is 11. The van der Waals surface area contributed by atoms with Crippen LogP contribution in [0, 0.1) is 17.7 Å². The van der Waals surface area contributed by atoms with Gasteiger partial charge in [0, 0.05) is 85.4 Å². The molecule has 4 aliphatic heterocycles. The van der Waals surface area contributed by atoms with Crippen molar-refractivity contribution in [3.63, 3.8) is 0 Å². The quantitative estimate of drug-likeness (QED) is 0.186. The predicted molar refractivity (Wildman–Crippen MR) is 208 cm³/mol. The predicted octanol–water partition coefficient (Wildman–Crippen LogP) is 4.00. The normalized spacial score (nSPS) is 19.8. The van der Waals surface area contributed by atoms with Gasteiger partial charge in [0.25, 0.3) is 5.91 Å². The fourth-order valence-corrected chi connectivity index (χ4v) is 8.58. The molecule has 0 aliphatic carbocycles. The Bertz CT molecular complexity index is 2320. The summed E-state index contributed by atoms with van der Waals surface area (Å²) in [5.41, 5.74) is 11.8. The number of pyridine rings is 1. The van der Waals surface area contributed by atoms with Crippen LogP contribution in [-0.4, -0.2) is 96.0 Å². The molecule has 5 aromatic rings. The number of carbonyl (C=O) groups excluding carboxylic acids is 3. The lowest BCUT2D eigenvalue weighted by molar-refractivity contribution is -0.136. The Morgan fingerprint density at radius 2 is 1.74 bits per heavy atom. The van der Waals surface area contributed by atoms with E-state index >= 15 is 0 Å². The van der Waals surface area contributed by atoms with Gasteiger partial charge in [-0.2, -0.15) is 20.1 Å². The number of amides is 3. The van der Waals surface area contributed by atoms with Crippen LogP contribution < -0.4 is 20.7 Å². The summed E-state index contributed by atoms with van der Waals surface area (Å²) in [5, 5.41) is 15.4. The molecule has 57 heavy (non-hydrogen) atoms. The monoisotopic (exact) mass is 773 g/mol. The average Bonchev–Trinajstić information content (AvgIpc) is 3.96. The van der Waals surface area contributed by atoms with Gasteiger partial charge in [-0.3, -0.25) is 24.4 Å². The van der Waals surface area contributed by atoms with Gasteiger partial charge in [0.05, 0.1) is 24.3 Å². The summed E-state index contributed by atoms with van der Waals surface area (Å²) in [5.74, 6) is 0.524. The zero-order valence-electron chi connectivity index (χ0n) is 31.6. The maximum atomic E-state index is 14.3. The van der Waals surface area contributed by atoms with Crippen LogP contribution in [0.5, 0.6) is 5.75 Å². The summed E-state index contributed by atoms with van der Waals surface area (Å²) in [4.78, 5) is 49.5. The van der Waals surface area contributed by atoms with Crippen molar-refractivity contribution in [3.8, 4) is 22.6 Å². The lowest BCUT2D eigenvalue weighted by atomic mass is 9.93. The Morgan fingerprint density at radius 1 is 0.930 bits per heavy atom. The molecule has 15 nitrogen and oxygen atoms in total. The van der Waals surface area contributed by atoms with E-state index < -0.39 is 18.0 Å². The first-order valence-corrected chi connectivity index (χ1v) is 19.5. The first-order chi connectivity index (χ1) is 27.6. The van der Waals surface area contributed by atoms with E-state index in [2.05, 4.69) is 41.5 Å². The molecule has 0 saturated carbocycles. The van der Waals surface area contributed by atoms with Crippen LogP contribution in [0.25, 0.3) is 16.8 Å². The Kier molecular flexibility index (Phi) is 9.64. The van der Waals surface area contributed by atoms with E-state index in [0.29, 0.717) is 47.4 Å². The summed E-state index contributed by atoms with van der Waals surface area (Å²) < 4.78 is 22.6. The molecule has 7 heterocycles. The molecule has 16 heteroatoms. The minimum absolute atomic E-state index is 0.142. The number of likely N-dealkylation sites (tertiary alicyclic amines) is 1. The van der Waals surface area contributed by atoms with Crippen LogP contribution in [0.4, 0.5) is 15.9 Å². The molecule has 3 fully saturated rings. The van der Waals surface area contributed by atoms with E-state index in [1.54, 1.807) is 29.6 Å². The molecule has 2 atom stereocenters. The maximum absolute atomic E-state index is 14.3. The van der Waals surface area contributed by atoms with E-state index in [-0.39, 0.29) is 30.0 Å². The molecular weight excluding hydrogens is 730 g/mol. The second-order valence-corrected chi connectivity index (χ2v) is 15.6. The second-order valence-electron chi connectivity index (χ2n) is 15.6. The zero-order chi connectivity index (χ0) is 39.2. The molecule has 9 rings (SSSR count). The first kappa shape index (κ1) is 36.5. The third kappa shape index (κ3) is 7.44. The van der Waals surface area contributed by atoms with E-state index in [1.165, 1.54) is 16.9 Å². The summed E-state index contributed by atoms with van der Waals surface area (Å²) in [7, 11) is 0. The number of carbonyl (C=O) groups is 3. The third-order valence-electron chi connectivity index (χ3n) is 11.7. The van der Waals surface area contributed by atoms with Gasteiger partial charge in [-0.05, 0) is 93.2 Å². The van der Waals surface area contributed by atoms with Crippen LogP contribution in [0.15, 0.2) is 73.4 Å². The highest BCUT2D eigenvalue weighted by molar-refractivity contribution is 6.05. The molecule has 3 saturated heterocycles. The summed E-state index contributed by atoms with van der Waals surface area (Å²) in [6.07, 6.45) is 10.9. The Labute approximate surface area is 328 Å². The van der Waals surface area contributed by atoms with Crippen LogP contribution in [0.1, 0.15) is 60.2 Å². The van der Waals surface area contributed by atoms with Gasteiger partial charge < -0.3 is 25.2 Å². The topological polar surface area (TPSA) is 170 Å². The molecule has 3 aromatic heterocycles. The fraction of sp³-hybridized carbons (Fsp3) is 0.390. The van der Waals surface area contributed by atoms with Crippen molar-refractivity contribution in [1.29, 1.82) is 0 Å². The Morgan fingerprint density at radius 3 is 2.53 bits per heavy atom. The van der Waals surface area contributed by atoms with E-state index in [4.69, 9.17) is 10.5 Å². The van der Waals surface area contributed by atoms with Gasteiger partial charge in [0.1, 0.15) is 18.0 Å². The van der Waals surface area contributed by atoms with Gasteiger partial charge in [-0.1, -0.05) is 0 Å². The summed E-state index contributed by atoms with van der Waals surface area (Å²) >= 11 is 0. The number of piperidine rings is 2. The van der Waals surface area contributed by atoms with Gasteiger partial charge in [0.2, 0.25) is 11.8 Å². The summed E-state index contributed by atoms with van der Waals surface area (Å²) in [6, 6.07) is 11.6. The third-order valence-corrected chi connectivity index (χ3v) is 11.7. The number of aromatic nitrogens is 6. The van der Waals surface area contributed by atoms with E-state index in [0.717, 1.165) is 74.5 Å². The van der Waals surface area contributed by atoms with Gasteiger partial charge in [-0.15, -0.1) is 0 Å². The number of imide groups is 1. The van der Waals surface area contributed by atoms with Gasteiger partial charge in [0.15, 0.2) is 11.6 Å². The molecule has 1 unspecified atom stereocenters. The highest BCUT2D eigenvalue weighted by Gasteiger charge is 2.40. The van der Waals surface area contributed by atoms with Crippen molar-refractivity contribution in [3.05, 3.63) is 96.0 Å².